The van der Waals surface area contributed by atoms with Gasteiger partial charge in [-0.25, -0.2) is 4.79 Å². The summed E-state index contributed by atoms with van der Waals surface area (Å²) in [6.45, 7) is 5.26. The highest BCUT2D eigenvalue weighted by atomic mass is 35.5. The largest absolute Gasteiger partial charge is 0.324 e. The number of carbonyl (C=O) groups is 1. The summed E-state index contributed by atoms with van der Waals surface area (Å²) in [6, 6.07) is 5.22. The molecule has 7 heteroatoms. The lowest BCUT2D eigenvalue weighted by Crippen LogP contribution is -2.39. The minimum Gasteiger partial charge on any atom is -0.324 e. The van der Waals surface area contributed by atoms with Crippen molar-refractivity contribution in [1.82, 2.24) is 10.2 Å². The lowest BCUT2D eigenvalue weighted by atomic mass is 10.3. The average molecular weight is 347 g/mol. The summed E-state index contributed by atoms with van der Waals surface area (Å²) >= 11 is 11.8. The molecule has 0 aliphatic carbocycles. The van der Waals surface area contributed by atoms with Crippen molar-refractivity contribution in [3.05, 3.63) is 28.2 Å². The third kappa shape index (κ3) is 5.65. The van der Waals surface area contributed by atoms with Crippen LogP contribution in [0.3, 0.4) is 0 Å². The number of carbonyl (C=O) groups excluding carboxylic acids is 1. The fourth-order valence-electron chi connectivity index (χ4n) is 2.07. The van der Waals surface area contributed by atoms with Crippen molar-refractivity contribution in [3.8, 4) is 0 Å². The first-order chi connectivity index (χ1) is 10.5. The molecule has 1 aliphatic rings. The molecule has 0 saturated carbocycles. The molecule has 124 valence electrons. The molecule has 1 aliphatic heterocycles. The molecule has 3 N–H and O–H groups in total. The Morgan fingerprint density at radius 1 is 1.32 bits per heavy atom. The van der Waals surface area contributed by atoms with Crippen LogP contribution in [0.2, 0.25) is 10.0 Å². The molecule has 0 radical (unpaired) electrons. The fraction of sp³-hybridized carbons (Fsp3) is 0.533. The number of benzene rings is 1. The third-order valence-corrected chi connectivity index (χ3v) is 4.09. The summed E-state index contributed by atoms with van der Waals surface area (Å²) < 4.78 is 0. The molecule has 1 fully saturated rings. The van der Waals surface area contributed by atoms with Crippen LogP contribution in [0.4, 0.5) is 10.5 Å². The maximum absolute atomic E-state index is 12.1. The van der Waals surface area contributed by atoms with Crippen LogP contribution in [0.5, 0.6) is 0 Å². The van der Waals surface area contributed by atoms with E-state index in [9.17, 15) is 4.79 Å². The lowest BCUT2D eigenvalue weighted by molar-refractivity contribution is 0.217. The number of nitrogens with zero attached hydrogens (tertiary/aromatic N) is 2. The summed E-state index contributed by atoms with van der Waals surface area (Å²) in [5.41, 5.74) is 5.79. The summed E-state index contributed by atoms with van der Waals surface area (Å²) in [7, 11) is 1.75. The van der Waals surface area contributed by atoms with Gasteiger partial charge in [0.2, 0.25) is 0 Å². The molecule has 1 aromatic carbocycles. The van der Waals surface area contributed by atoms with E-state index in [-0.39, 0.29) is 6.03 Å². The summed E-state index contributed by atoms with van der Waals surface area (Å²) in [4.78, 5) is 15.6. The van der Waals surface area contributed by atoms with Crippen molar-refractivity contribution in [2.75, 3.05) is 38.3 Å². The van der Waals surface area contributed by atoms with Crippen molar-refractivity contribution in [2.45, 2.75) is 19.8 Å². The topological polar surface area (TPSA) is 61.6 Å². The Bertz CT molecular complexity index is 477. The Balaban J connectivity index is 0.000000422. The van der Waals surface area contributed by atoms with Crippen LogP contribution >= 0.6 is 23.2 Å². The van der Waals surface area contributed by atoms with Crippen LogP contribution in [0, 0.1) is 0 Å². The number of nitrogens with one attached hydrogen (secondary N) is 1. The Labute approximate surface area is 142 Å². The van der Waals surface area contributed by atoms with Crippen molar-refractivity contribution < 1.29 is 4.79 Å². The third-order valence-electron chi connectivity index (χ3n) is 3.35. The van der Waals surface area contributed by atoms with E-state index in [1.165, 1.54) is 0 Å². The molecule has 0 bridgehead atoms. The zero-order valence-corrected chi connectivity index (χ0v) is 14.6. The Hall–Kier alpha value is -1.01. The number of urea groups is 1. The van der Waals surface area contributed by atoms with Gasteiger partial charge in [0.1, 0.15) is 0 Å². The summed E-state index contributed by atoms with van der Waals surface area (Å²) in [6.07, 6.45) is 2.17. The SMILES string of the molecule is CCNCN.CN(C(=O)N1CCCC1)c1ccc(Cl)c(Cl)c1. The number of anilines is 1. The number of amides is 2. The molecular formula is C15H24Cl2N4O. The summed E-state index contributed by atoms with van der Waals surface area (Å²) in [5.74, 6) is 0. The van der Waals surface area contributed by atoms with Gasteiger partial charge in [-0.1, -0.05) is 30.1 Å². The van der Waals surface area contributed by atoms with E-state index in [0.29, 0.717) is 16.7 Å². The maximum atomic E-state index is 12.1. The monoisotopic (exact) mass is 346 g/mol. The molecule has 0 aromatic heterocycles. The van der Waals surface area contributed by atoms with Crippen LogP contribution < -0.4 is 16.0 Å². The normalized spacial score (nSPS) is 13.6. The van der Waals surface area contributed by atoms with E-state index in [1.807, 2.05) is 11.8 Å². The molecule has 2 amide bonds. The molecule has 0 atom stereocenters. The molecule has 0 spiro atoms. The predicted molar refractivity (Wildman–Crippen MR) is 93.8 cm³/mol. The minimum atomic E-state index is 0.0147. The van der Waals surface area contributed by atoms with Crippen LogP contribution in [0.15, 0.2) is 18.2 Å². The molecule has 5 nitrogen and oxygen atoms in total. The maximum Gasteiger partial charge on any atom is 0.324 e. The number of nitrogens with two attached hydrogens (primary N) is 1. The van der Waals surface area contributed by atoms with Gasteiger partial charge in [-0.3, -0.25) is 4.90 Å². The number of likely N-dealkylation sites (tertiary alicyclic amines) is 1. The second kappa shape index (κ2) is 9.90. The van der Waals surface area contributed by atoms with Gasteiger partial charge in [0.05, 0.1) is 10.0 Å². The average Bonchev–Trinajstić information content (AvgIpc) is 3.04. The van der Waals surface area contributed by atoms with Crippen molar-refractivity contribution >= 4 is 34.9 Å². The lowest BCUT2D eigenvalue weighted by Gasteiger charge is -2.24. The highest BCUT2D eigenvalue weighted by Crippen LogP contribution is 2.27. The van der Waals surface area contributed by atoms with E-state index in [2.05, 4.69) is 5.32 Å². The minimum absolute atomic E-state index is 0.0147. The van der Waals surface area contributed by atoms with Gasteiger partial charge in [-0.05, 0) is 37.6 Å². The number of hydrogen-bond acceptors (Lipinski definition) is 3. The van der Waals surface area contributed by atoms with E-state index in [1.54, 1.807) is 30.1 Å². The molecule has 0 unspecified atom stereocenters. The van der Waals surface area contributed by atoms with Crippen molar-refractivity contribution in [1.29, 1.82) is 0 Å². The van der Waals surface area contributed by atoms with Gasteiger partial charge in [-0.15, -0.1) is 0 Å². The summed E-state index contributed by atoms with van der Waals surface area (Å²) in [5, 5.41) is 3.85. The van der Waals surface area contributed by atoms with Gasteiger partial charge in [0.15, 0.2) is 0 Å². The van der Waals surface area contributed by atoms with E-state index in [4.69, 9.17) is 28.9 Å². The quantitative estimate of drug-likeness (QED) is 0.826. The Morgan fingerprint density at radius 2 is 1.95 bits per heavy atom. The van der Waals surface area contributed by atoms with Crippen LogP contribution in [0.25, 0.3) is 0 Å². The first-order valence-electron chi connectivity index (χ1n) is 7.39. The molecule has 1 aromatic rings. The zero-order valence-electron chi connectivity index (χ0n) is 13.1. The van der Waals surface area contributed by atoms with Crippen molar-refractivity contribution in [2.24, 2.45) is 5.73 Å². The molecular weight excluding hydrogens is 323 g/mol. The van der Waals surface area contributed by atoms with Gasteiger partial charge < -0.3 is 16.0 Å². The van der Waals surface area contributed by atoms with Gasteiger partial charge in [-0.2, -0.15) is 0 Å². The van der Waals surface area contributed by atoms with Gasteiger partial charge in [0, 0.05) is 32.5 Å². The Kier molecular flexibility index (Phi) is 8.56. The van der Waals surface area contributed by atoms with Gasteiger partial charge in [0.25, 0.3) is 0 Å². The molecule has 22 heavy (non-hydrogen) atoms. The highest BCUT2D eigenvalue weighted by molar-refractivity contribution is 6.42. The van der Waals surface area contributed by atoms with E-state index < -0.39 is 0 Å². The highest BCUT2D eigenvalue weighted by Gasteiger charge is 2.22. The second-order valence-electron chi connectivity index (χ2n) is 4.94. The number of halogens is 2. The van der Waals surface area contributed by atoms with Crippen LogP contribution in [-0.4, -0.2) is 44.3 Å². The smallest absolute Gasteiger partial charge is 0.324 e. The van der Waals surface area contributed by atoms with Crippen molar-refractivity contribution in [3.63, 3.8) is 0 Å². The first kappa shape index (κ1) is 19.0. The zero-order chi connectivity index (χ0) is 16.5. The number of rotatable bonds is 3. The van der Waals surface area contributed by atoms with Crippen LogP contribution in [-0.2, 0) is 0 Å². The molecule has 2 rings (SSSR count). The second-order valence-corrected chi connectivity index (χ2v) is 5.76. The Morgan fingerprint density at radius 3 is 2.41 bits per heavy atom. The van der Waals surface area contributed by atoms with Gasteiger partial charge >= 0.3 is 6.03 Å². The standard InChI is InChI=1S/C12H14Cl2N2O.C3H10N2/c1-15(12(17)16-6-2-3-7-16)9-4-5-10(13)11(14)8-9;1-2-5-3-4/h4-5,8H,2-3,6-7H2,1H3;5H,2-4H2,1H3. The predicted octanol–water partition coefficient (Wildman–Crippen LogP) is 3.16. The first-order valence-corrected chi connectivity index (χ1v) is 8.15. The van der Waals surface area contributed by atoms with Crippen LogP contribution in [0.1, 0.15) is 19.8 Å². The van der Waals surface area contributed by atoms with E-state index in [0.717, 1.165) is 38.2 Å². The molecule has 1 saturated heterocycles. The fourth-order valence-corrected chi connectivity index (χ4v) is 2.36. The number of hydrogen-bond donors (Lipinski definition) is 2. The molecule has 1 heterocycles. The van der Waals surface area contributed by atoms with E-state index >= 15 is 0 Å².